The topological polar surface area (TPSA) is 55.0 Å². The molecule has 1 atom stereocenters. The Kier molecular flexibility index (Phi) is 5.92. The van der Waals surface area contributed by atoms with Crippen molar-refractivity contribution in [1.29, 1.82) is 0 Å². The van der Waals surface area contributed by atoms with Gasteiger partial charge in [-0.05, 0) is 61.0 Å². The Morgan fingerprint density at radius 3 is 2.78 bits per heavy atom. The third-order valence-corrected chi connectivity index (χ3v) is 6.30. The van der Waals surface area contributed by atoms with Crippen molar-refractivity contribution in [2.24, 2.45) is 4.99 Å². The first-order valence-corrected chi connectivity index (χ1v) is 11.3. The molecule has 0 unspecified atom stereocenters. The van der Waals surface area contributed by atoms with Crippen LogP contribution in [0.4, 0.5) is 10.1 Å². The normalized spacial score (nSPS) is 21.2. The summed E-state index contributed by atoms with van der Waals surface area (Å²) in [4.78, 5) is 20.1. The smallest absolute Gasteiger partial charge is 0.266 e. The zero-order valence-corrected chi connectivity index (χ0v) is 18.1. The van der Waals surface area contributed by atoms with Gasteiger partial charge in [-0.2, -0.15) is 0 Å². The maximum Gasteiger partial charge on any atom is 0.266 e. The van der Waals surface area contributed by atoms with Crippen LogP contribution in [-0.4, -0.2) is 35.2 Å². The molecule has 162 valence electrons. The van der Waals surface area contributed by atoms with Crippen molar-refractivity contribution in [3.8, 4) is 11.3 Å². The molecular weight excluding hydrogens is 427 g/mol. The van der Waals surface area contributed by atoms with E-state index < -0.39 is 0 Å². The first-order valence-electron chi connectivity index (χ1n) is 10.5. The Morgan fingerprint density at radius 2 is 2.00 bits per heavy atom. The molecule has 0 saturated carbocycles. The number of hydrogen-bond acceptors (Lipinski definition) is 5. The van der Waals surface area contributed by atoms with E-state index in [1.54, 1.807) is 35.2 Å². The number of carbonyl (C=O) groups is 1. The molecule has 32 heavy (non-hydrogen) atoms. The second kappa shape index (κ2) is 9.14. The van der Waals surface area contributed by atoms with Gasteiger partial charge >= 0.3 is 0 Å². The minimum absolute atomic E-state index is 0.0167. The lowest BCUT2D eigenvalue weighted by Gasteiger charge is -2.19. The number of amidine groups is 1. The van der Waals surface area contributed by atoms with Gasteiger partial charge in [-0.25, -0.2) is 9.38 Å². The van der Waals surface area contributed by atoms with Crippen LogP contribution in [0.3, 0.4) is 0 Å². The van der Waals surface area contributed by atoms with Crippen LogP contribution in [-0.2, 0) is 9.53 Å². The molecule has 0 aliphatic carbocycles. The van der Waals surface area contributed by atoms with Gasteiger partial charge in [0.25, 0.3) is 5.91 Å². The third kappa shape index (κ3) is 4.54. The van der Waals surface area contributed by atoms with Crippen molar-refractivity contribution in [2.75, 3.05) is 13.2 Å². The van der Waals surface area contributed by atoms with E-state index in [9.17, 15) is 9.18 Å². The summed E-state index contributed by atoms with van der Waals surface area (Å²) in [5.41, 5.74) is 1.43. The monoisotopic (exact) mass is 448 g/mol. The van der Waals surface area contributed by atoms with Crippen LogP contribution in [0.15, 0.2) is 81.0 Å². The summed E-state index contributed by atoms with van der Waals surface area (Å²) in [6.07, 6.45) is 3.67. The van der Waals surface area contributed by atoms with Gasteiger partial charge < -0.3 is 9.15 Å². The van der Waals surface area contributed by atoms with Gasteiger partial charge in [0, 0.05) is 18.2 Å². The number of halogens is 1. The van der Waals surface area contributed by atoms with E-state index >= 15 is 0 Å². The molecule has 7 heteroatoms. The molecule has 0 N–H and O–H groups in total. The van der Waals surface area contributed by atoms with Crippen molar-refractivity contribution >= 4 is 34.6 Å². The fraction of sp³-hybridized carbons (Fsp3) is 0.200. The van der Waals surface area contributed by atoms with Crippen molar-refractivity contribution in [2.45, 2.75) is 18.9 Å². The largest absolute Gasteiger partial charge is 0.457 e. The Bertz CT molecular complexity index is 1180. The minimum Gasteiger partial charge on any atom is -0.457 e. The van der Waals surface area contributed by atoms with Crippen LogP contribution in [0.5, 0.6) is 0 Å². The Hall–Kier alpha value is -3.16. The van der Waals surface area contributed by atoms with Gasteiger partial charge in [-0.15, -0.1) is 0 Å². The maximum absolute atomic E-state index is 13.5. The summed E-state index contributed by atoms with van der Waals surface area (Å²) >= 11 is 1.32. The molecule has 1 amide bonds. The quantitative estimate of drug-likeness (QED) is 0.458. The molecular formula is C25H21FN2O3S. The molecule has 2 aromatic carbocycles. The lowest BCUT2D eigenvalue weighted by molar-refractivity contribution is -0.123. The van der Waals surface area contributed by atoms with Gasteiger partial charge in [0.05, 0.1) is 23.2 Å². The van der Waals surface area contributed by atoms with Crippen molar-refractivity contribution in [1.82, 2.24) is 4.90 Å². The van der Waals surface area contributed by atoms with Crippen molar-refractivity contribution in [3.63, 3.8) is 0 Å². The van der Waals surface area contributed by atoms with Gasteiger partial charge in [0.15, 0.2) is 5.17 Å². The Morgan fingerprint density at radius 1 is 1.12 bits per heavy atom. The van der Waals surface area contributed by atoms with E-state index in [4.69, 9.17) is 14.1 Å². The predicted molar refractivity (Wildman–Crippen MR) is 124 cm³/mol. The number of ether oxygens (including phenoxy) is 1. The molecule has 0 spiro atoms. The molecule has 5 rings (SSSR count). The van der Waals surface area contributed by atoms with Gasteiger partial charge in [0.2, 0.25) is 0 Å². The van der Waals surface area contributed by atoms with Crippen LogP contribution < -0.4 is 0 Å². The first-order chi connectivity index (χ1) is 15.7. The summed E-state index contributed by atoms with van der Waals surface area (Å²) in [6.45, 7) is 1.20. The van der Waals surface area contributed by atoms with Crippen LogP contribution in [0.1, 0.15) is 18.6 Å². The SMILES string of the molecule is O=C1/C(=C/c2ccc(-c3cccc(F)c3)o2)SC(=Nc2ccccc2)N1C[C@@H]1CCCO1. The van der Waals surface area contributed by atoms with Crippen LogP contribution in [0.2, 0.25) is 0 Å². The number of rotatable bonds is 5. The number of benzene rings is 2. The fourth-order valence-electron chi connectivity index (χ4n) is 3.71. The molecule has 3 heterocycles. The molecule has 2 aliphatic heterocycles. The summed E-state index contributed by atoms with van der Waals surface area (Å²) in [7, 11) is 0. The summed E-state index contributed by atoms with van der Waals surface area (Å²) in [5.74, 6) is 0.620. The van der Waals surface area contributed by atoms with E-state index in [1.807, 2.05) is 30.3 Å². The standard InChI is InChI=1S/C25H21FN2O3S/c26-18-7-4-6-17(14-18)22-12-11-20(31-22)15-23-24(29)28(16-21-10-5-13-30-21)25(32-23)27-19-8-2-1-3-9-19/h1-4,6-9,11-12,14-15,21H,5,10,13,16H2/b23-15-,27-25?/t21-/m0/s1. The van der Waals surface area contributed by atoms with Crippen molar-refractivity contribution in [3.05, 3.63) is 83.2 Å². The second-order valence-electron chi connectivity index (χ2n) is 7.60. The molecule has 5 nitrogen and oxygen atoms in total. The Balaban J connectivity index is 1.43. The molecule has 0 bridgehead atoms. The molecule has 3 aromatic rings. The minimum atomic E-state index is -0.327. The number of hydrogen-bond donors (Lipinski definition) is 0. The number of thioether (sulfide) groups is 1. The van der Waals surface area contributed by atoms with E-state index in [0.717, 1.165) is 25.1 Å². The average molecular weight is 449 g/mol. The van der Waals surface area contributed by atoms with Crippen molar-refractivity contribution < 1.29 is 18.3 Å². The number of aliphatic imine (C=N–C) groups is 1. The Labute approximate surface area is 189 Å². The highest BCUT2D eigenvalue weighted by molar-refractivity contribution is 8.18. The number of nitrogens with zero attached hydrogens (tertiary/aromatic N) is 2. The lowest BCUT2D eigenvalue weighted by atomic mass is 10.2. The summed E-state index contributed by atoms with van der Waals surface area (Å²) in [6, 6.07) is 19.3. The highest BCUT2D eigenvalue weighted by Crippen LogP contribution is 2.36. The van der Waals surface area contributed by atoms with Gasteiger partial charge in [-0.3, -0.25) is 9.69 Å². The second-order valence-corrected chi connectivity index (χ2v) is 8.61. The van der Waals surface area contributed by atoms with E-state index in [0.29, 0.717) is 33.7 Å². The third-order valence-electron chi connectivity index (χ3n) is 5.29. The number of carbonyl (C=O) groups excluding carboxylic acids is 1. The fourth-order valence-corrected chi connectivity index (χ4v) is 4.70. The summed E-state index contributed by atoms with van der Waals surface area (Å²) in [5, 5.41) is 0.625. The van der Waals surface area contributed by atoms with E-state index in [1.165, 1.54) is 23.9 Å². The molecule has 0 radical (unpaired) electrons. The van der Waals surface area contributed by atoms with Crippen LogP contribution in [0, 0.1) is 5.82 Å². The van der Waals surface area contributed by atoms with Crippen LogP contribution in [0.25, 0.3) is 17.4 Å². The number of para-hydroxylation sites is 1. The molecule has 2 aliphatic rings. The summed E-state index contributed by atoms with van der Waals surface area (Å²) < 4.78 is 25.2. The van der Waals surface area contributed by atoms with Gasteiger partial charge in [0.1, 0.15) is 17.3 Å². The molecule has 2 fully saturated rings. The molecule has 2 saturated heterocycles. The van der Waals surface area contributed by atoms with Gasteiger partial charge in [-0.1, -0.05) is 30.3 Å². The first kappa shape index (κ1) is 20.7. The zero-order chi connectivity index (χ0) is 21.9. The number of amides is 1. The van der Waals surface area contributed by atoms with E-state index in [-0.39, 0.29) is 17.8 Å². The molecule has 1 aromatic heterocycles. The average Bonchev–Trinajstić information content (AvgIpc) is 3.54. The zero-order valence-electron chi connectivity index (χ0n) is 17.2. The highest BCUT2D eigenvalue weighted by Gasteiger charge is 2.36. The van der Waals surface area contributed by atoms with Crippen LogP contribution >= 0.6 is 11.8 Å². The predicted octanol–water partition coefficient (Wildman–Crippen LogP) is 5.87. The highest BCUT2D eigenvalue weighted by atomic mass is 32.2. The number of furan rings is 1. The van der Waals surface area contributed by atoms with E-state index in [2.05, 4.69) is 0 Å². The lowest BCUT2D eigenvalue weighted by Crippen LogP contribution is -2.36. The maximum atomic E-state index is 13.5.